The summed E-state index contributed by atoms with van der Waals surface area (Å²) in [5.74, 6) is 1.29. The molecule has 2 aromatic rings. The highest BCUT2D eigenvalue weighted by Crippen LogP contribution is 2.14. The van der Waals surface area contributed by atoms with E-state index in [-0.39, 0.29) is 5.91 Å². The smallest absolute Gasteiger partial charge is 0.251 e. The second kappa shape index (κ2) is 7.08. The summed E-state index contributed by atoms with van der Waals surface area (Å²) in [6, 6.07) is 9.33. The van der Waals surface area contributed by atoms with Crippen molar-refractivity contribution < 1.29 is 4.79 Å². The lowest BCUT2D eigenvalue weighted by Crippen LogP contribution is -2.24. The summed E-state index contributed by atoms with van der Waals surface area (Å²) < 4.78 is 0. The summed E-state index contributed by atoms with van der Waals surface area (Å²) in [5.41, 5.74) is 0.636. The molecule has 0 fully saturated rings. The molecule has 2 rings (SSSR count). The summed E-state index contributed by atoms with van der Waals surface area (Å²) in [4.78, 5) is 23.6. The average molecular weight is 302 g/mol. The van der Waals surface area contributed by atoms with Gasteiger partial charge in [0, 0.05) is 30.8 Å². The second-order valence-electron chi connectivity index (χ2n) is 4.64. The van der Waals surface area contributed by atoms with Crippen LogP contribution in [-0.4, -0.2) is 36.2 Å². The molecule has 0 atom stereocenters. The predicted molar refractivity (Wildman–Crippen MR) is 85.8 cm³/mol. The van der Waals surface area contributed by atoms with Gasteiger partial charge in [0.2, 0.25) is 0 Å². The number of nitrogens with one attached hydrogen (secondary N) is 1. The molecule has 21 heavy (non-hydrogen) atoms. The van der Waals surface area contributed by atoms with Crippen LogP contribution in [0.15, 0.2) is 41.4 Å². The van der Waals surface area contributed by atoms with E-state index in [4.69, 9.17) is 0 Å². The van der Waals surface area contributed by atoms with E-state index in [1.54, 1.807) is 18.0 Å². The van der Waals surface area contributed by atoms with Crippen LogP contribution in [0.25, 0.3) is 0 Å². The Morgan fingerprint density at radius 3 is 2.57 bits per heavy atom. The van der Waals surface area contributed by atoms with Crippen LogP contribution in [-0.2, 0) is 6.54 Å². The highest BCUT2D eigenvalue weighted by atomic mass is 32.2. The molecule has 5 nitrogen and oxygen atoms in total. The Hall–Kier alpha value is -2.08. The second-order valence-corrected chi connectivity index (χ2v) is 5.52. The zero-order valence-electron chi connectivity index (χ0n) is 12.3. The number of hydrogen-bond donors (Lipinski definition) is 1. The Balaban J connectivity index is 1.98. The molecule has 0 saturated heterocycles. The maximum Gasteiger partial charge on any atom is 0.251 e. The fourth-order valence-corrected chi connectivity index (χ4v) is 2.13. The minimum absolute atomic E-state index is 0.124. The molecule has 0 radical (unpaired) electrons. The first-order valence-corrected chi connectivity index (χ1v) is 7.74. The van der Waals surface area contributed by atoms with Gasteiger partial charge in [0.25, 0.3) is 5.91 Å². The van der Waals surface area contributed by atoms with Crippen LogP contribution < -0.4 is 10.2 Å². The van der Waals surface area contributed by atoms with Crippen LogP contribution in [0.3, 0.4) is 0 Å². The fourth-order valence-electron chi connectivity index (χ4n) is 1.73. The summed E-state index contributed by atoms with van der Waals surface area (Å²) in [6.07, 6.45) is 3.70. The molecule has 1 aromatic carbocycles. The molecular weight excluding hydrogens is 284 g/mol. The van der Waals surface area contributed by atoms with Crippen molar-refractivity contribution in [1.29, 1.82) is 0 Å². The summed E-state index contributed by atoms with van der Waals surface area (Å²) in [5, 5.41) is 2.83. The van der Waals surface area contributed by atoms with Crippen molar-refractivity contribution in [3.8, 4) is 0 Å². The fraction of sp³-hybridized carbons (Fsp3) is 0.267. The molecule has 0 aliphatic heterocycles. The molecule has 1 heterocycles. The summed E-state index contributed by atoms with van der Waals surface area (Å²) >= 11 is 1.65. The molecule has 0 bridgehead atoms. The highest BCUT2D eigenvalue weighted by molar-refractivity contribution is 7.98. The van der Waals surface area contributed by atoms with Gasteiger partial charge in [-0.2, -0.15) is 0 Å². The van der Waals surface area contributed by atoms with Gasteiger partial charge in [-0.1, -0.05) is 0 Å². The molecule has 110 valence electrons. The average Bonchev–Trinajstić information content (AvgIpc) is 2.53. The Labute approximate surface area is 128 Å². The van der Waals surface area contributed by atoms with E-state index in [0.717, 1.165) is 10.7 Å². The lowest BCUT2D eigenvalue weighted by molar-refractivity contribution is 0.0950. The van der Waals surface area contributed by atoms with Crippen molar-refractivity contribution in [2.24, 2.45) is 0 Å². The molecule has 0 saturated carbocycles. The number of carbonyl (C=O) groups excluding carboxylic acids is 1. The summed E-state index contributed by atoms with van der Waals surface area (Å²) in [7, 11) is 3.83. The molecule has 6 heteroatoms. The molecule has 0 aliphatic carbocycles. The Morgan fingerprint density at radius 2 is 1.95 bits per heavy atom. The van der Waals surface area contributed by atoms with Crippen molar-refractivity contribution in [2.45, 2.75) is 11.4 Å². The Kier molecular flexibility index (Phi) is 5.16. The molecule has 1 aromatic heterocycles. The topological polar surface area (TPSA) is 58.1 Å². The van der Waals surface area contributed by atoms with Crippen LogP contribution in [0, 0.1) is 0 Å². The van der Waals surface area contributed by atoms with Crippen LogP contribution in [0.2, 0.25) is 0 Å². The maximum absolute atomic E-state index is 12.1. The zero-order chi connectivity index (χ0) is 15.2. The van der Waals surface area contributed by atoms with E-state index < -0.39 is 0 Å². The SMILES string of the molecule is CSc1ccc(C(=O)NCc2nccc(N(C)C)n2)cc1. The van der Waals surface area contributed by atoms with Crippen LogP contribution in [0.4, 0.5) is 5.82 Å². The number of amides is 1. The van der Waals surface area contributed by atoms with E-state index in [9.17, 15) is 4.79 Å². The number of thioether (sulfide) groups is 1. The summed E-state index contributed by atoms with van der Waals surface area (Å²) in [6.45, 7) is 0.310. The number of rotatable bonds is 5. The quantitative estimate of drug-likeness (QED) is 0.858. The maximum atomic E-state index is 12.1. The van der Waals surface area contributed by atoms with Crippen molar-refractivity contribution in [2.75, 3.05) is 25.3 Å². The molecule has 0 aliphatic rings. The largest absolute Gasteiger partial charge is 0.363 e. The highest BCUT2D eigenvalue weighted by Gasteiger charge is 2.07. The first kappa shape index (κ1) is 15.3. The minimum Gasteiger partial charge on any atom is -0.363 e. The van der Waals surface area contributed by atoms with Gasteiger partial charge in [-0.3, -0.25) is 4.79 Å². The standard InChI is InChI=1S/C15H18N4OS/c1-19(2)14-8-9-16-13(18-14)10-17-15(20)11-4-6-12(21-3)7-5-11/h4-9H,10H2,1-3H3,(H,17,20). The van der Waals surface area contributed by atoms with E-state index in [0.29, 0.717) is 17.9 Å². The third-order valence-corrected chi connectivity index (χ3v) is 3.65. The number of nitrogens with zero attached hydrogens (tertiary/aromatic N) is 3. The van der Waals surface area contributed by atoms with Crippen LogP contribution in [0.1, 0.15) is 16.2 Å². The van der Waals surface area contributed by atoms with Crippen molar-refractivity contribution in [3.63, 3.8) is 0 Å². The van der Waals surface area contributed by atoms with Gasteiger partial charge >= 0.3 is 0 Å². The lowest BCUT2D eigenvalue weighted by atomic mass is 10.2. The molecule has 0 unspecified atom stereocenters. The van der Waals surface area contributed by atoms with Gasteiger partial charge in [-0.15, -0.1) is 11.8 Å². The first-order valence-electron chi connectivity index (χ1n) is 6.51. The lowest BCUT2D eigenvalue weighted by Gasteiger charge is -2.12. The Morgan fingerprint density at radius 1 is 1.24 bits per heavy atom. The number of carbonyl (C=O) groups is 1. The van der Waals surface area contributed by atoms with Gasteiger partial charge in [0.1, 0.15) is 11.6 Å². The third-order valence-electron chi connectivity index (χ3n) is 2.91. The molecule has 1 amide bonds. The number of benzene rings is 1. The van der Waals surface area contributed by atoms with E-state index in [1.165, 1.54) is 0 Å². The van der Waals surface area contributed by atoms with Gasteiger partial charge < -0.3 is 10.2 Å². The van der Waals surface area contributed by atoms with Crippen molar-refractivity contribution in [1.82, 2.24) is 15.3 Å². The third kappa shape index (κ3) is 4.19. The molecular formula is C15H18N4OS. The van der Waals surface area contributed by atoms with Crippen molar-refractivity contribution >= 4 is 23.5 Å². The van der Waals surface area contributed by atoms with E-state index >= 15 is 0 Å². The van der Waals surface area contributed by atoms with E-state index in [2.05, 4.69) is 15.3 Å². The van der Waals surface area contributed by atoms with Gasteiger partial charge in [0.05, 0.1) is 6.54 Å². The molecule has 1 N–H and O–H groups in total. The number of aromatic nitrogens is 2. The Bertz CT molecular complexity index is 613. The number of hydrogen-bond acceptors (Lipinski definition) is 5. The van der Waals surface area contributed by atoms with Gasteiger partial charge in [-0.05, 0) is 36.6 Å². The van der Waals surface area contributed by atoms with Gasteiger partial charge in [-0.25, -0.2) is 9.97 Å². The number of anilines is 1. The van der Waals surface area contributed by atoms with Crippen LogP contribution in [0.5, 0.6) is 0 Å². The van der Waals surface area contributed by atoms with E-state index in [1.807, 2.05) is 55.6 Å². The molecule has 0 spiro atoms. The van der Waals surface area contributed by atoms with Gasteiger partial charge in [0.15, 0.2) is 0 Å². The monoisotopic (exact) mass is 302 g/mol. The van der Waals surface area contributed by atoms with Crippen molar-refractivity contribution in [3.05, 3.63) is 47.9 Å². The minimum atomic E-state index is -0.124. The normalized spacial score (nSPS) is 10.2. The van der Waals surface area contributed by atoms with Crippen LogP contribution >= 0.6 is 11.8 Å². The first-order chi connectivity index (χ1) is 10.1. The zero-order valence-corrected chi connectivity index (χ0v) is 13.1. The predicted octanol–water partition coefficient (Wildman–Crippen LogP) is 2.19.